The summed E-state index contributed by atoms with van der Waals surface area (Å²) < 4.78 is 14.2. The molecule has 0 fully saturated rings. The zero-order chi connectivity index (χ0) is 17.4. The molecule has 2 aromatic carbocycles. The summed E-state index contributed by atoms with van der Waals surface area (Å²) in [6, 6.07) is 15.1. The molecule has 25 heavy (non-hydrogen) atoms. The normalized spacial score (nSPS) is 16.4. The average Bonchev–Trinajstić information content (AvgIpc) is 3.05. The van der Waals surface area contributed by atoms with Gasteiger partial charge in [-0.2, -0.15) is 0 Å². The maximum absolute atomic E-state index is 14.2. The predicted octanol–water partition coefficient (Wildman–Crippen LogP) is 5.59. The average molecular weight is 351 g/mol. The van der Waals surface area contributed by atoms with Crippen LogP contribution in [0, 0.1) is 5.82 Å². The Morgan fingerprint density at radius 2 is 1.88 bits per heavy atom. The Morgan fingerprint density at radius 3 is 2.60 bits per heavy atom. The van der Waals surface area contributed by atoms with Crippen LogP contribution in [0.15, 0.2) is 53.9 Å². The van der Waals surface area contributed by atoms with Crippen molar-refractivity contribution in [2.24, 2.45) is 0 Å². The summed E-state index contributed by atoms with van der Waals surface area (Å²) in [6.07, 6.45) is 1.42. The molecule has 0 radical (unpaired) electrons. The maximum Gasteiger partial charge on any atom is 0.225 e. The van der Waals surface area contributed by atoms with Crippen LogP contribution in [0.1, 0.15) is 35.3 Å². The number of aryl methyl sites for hydroxylation is 1. The molecule has 2 nitrogen and oxygen atoms in total. The third kappa shape index (κ3) is 2.87. The summed E-state index contributed by atoms with van der Waals surface area (Å²) in [6.45, 7) is 2.13. The largest absolute Gasteiger partial charge is 0.325 e. The van der Waals surface area contributed by atoms with Crippen LogP contribution in [0.3, 0.4) is 0 Å². The van der Waals surface area contributed by atoms with E-state index in [1.54, 1.807) is 23.5 Å². The molecule has 0 bridgehead atoms. The molecular weight excluding hydrogens is 333 g/mol. The zero-order valence-electron chi connectivity index (χ0n) is 13.9. The van der Waals surface area contributed by atoms with E-state index in [1.807, 2.05) is 11.4 Å². The Kier molecular flexibility index (Phi) is 4.14. The predicted molar refractivity (Wildman–Crippen MR) is 101 cm³/mol. The van der Waals surface area contributed by atoms with Crippen molar-refractivity contribution in [2.75, 3.05) is 5.32 Å². The van der Waals surface area contributed by atoms with Crippen molar-refractivity contribution in [1.29, 1.82) is 0 Å². The van der Waals surface area contributed by atoms with Gasteiger partial charge in [-0.1, -0.05) is 49.4 Å². The third-order valence-electron chi connectivity index (χ3n) is 4.74. The highest BCUT2D eigenvalue weighted by Crippen LogP contribution is 2.46. The lowest BCUT2D eigenvalue weighted by atomic mass is 9.88. The van der Waals surface area contributed by atoms with Gasteiger partial charge in [0.2, 0.25) is 5.91 Å². The molecule has 1 aliphatic heterocycles. The van der Waals surface area contributed by atoms with Crippen molar-refractivity contribution in [3.05, 3.63) is 75.7 Å². The number of carbonyl (C=O) groups excluding carboxylic acids is 1. The molecule has 2 heterocycles. The van der Waals surface area contributed by atoms with E-state index in [0.29, 0.717) is 12.0 Å². The van der Waals surface area contributed by atoms with Crippen molar-refractivity contribution in [1.82, 2.24) is 0 Å². The van der Waals surface area contributed by atoms with Crippen LogP contribution in [-0.2, 0) is 11.2 Å². The summed E-state index contributed by atoms with van der Waals surface area (Å²) >= 11 is 1.59. The van der Waals surface area contributed by atoms with Gasteiger partial charge >= 0.3 is 0 Å². The Hall–Kier alpha value is -2.46. The lowest BCUT2D eigenvalue weighted by Crippen LogP contribution is -2.22. The number of halogens is 1. The first-order valence-corrected chi connectivity index (χ1v) is 9.30. The second-order valence-corrected chi connectivity index (χ2v) is 7.18. The molecule has 126 valence electrons. The Balaban J connectivity index is 1.80. The molecule has 3 aromatic rings. The van der Waals surface area contributed by atoms with Gasteiger partial charge in [0.25, 0.3) is 0 Å². The van der Waals surface area contributed by atoms with Crippen LogP contribution in [0.4, 0.5) is 10.1 Å². The van der Waals surface area contributed by atoms with E-state index < -0.39 is 0 Å². The highest BCUT2D eigenvalue weighted by atomic mass is 32.1. The highest BCUT2D eigenvalue weighted by Gasteiger charge is 2.30. The van der Waals surface area contributed by atoms with Crippen LogP contribution in [0.25, 0.3) is 11.1 Å². The Bertz CT molecular complexity index is 929. The molecule has 0 unspecified atom stereocenters. The zero-order valence-corrected chi connectivity index (χ0v) is 14.7. The van der Waals surface area contributed by atoms with Crippen molar-refractivity contribution < 1.29 is 9.18 Å². The summed E-state index contributed by atoms with van der Waals surface area (Å²) in [4.78, 5) is 13.4. The molecule has 0 saturated carbocycles. The molecule has 1 atom stereocenters. The molecule has 1 amide bonds. The topological polar surface area (TPSA) is 29.1 Å². The summed E-state index contributed by atoms with van der Waals surface area (Å²) in [7, 11) is 0. The van der Waals surface area contributed by atoms with E-state index in [-0.39, 0.29) is 17.6 Å². The molecular formula is C21H18FNOS. The minimum atomic E-state index is -0.272. The number of hydrogen-bond acceptors (Lipinski definition) is 2. The van der Waals surface area contributed by atoms with Crippen LogP contribution >= 0.6 is 11.3 Å². The van der Waals surface area contributed by atoms with Gasteiger partial charge < -0.3 is 5.32 Å². The van der Waals surface area contributed by atoms with E-state index in [4.69, 9.17) is 0 Å². The lowest BCUT2D eigenvalue weighted by Gasteiger charge is -2.24. The highest BCUT2D eigenvalue weighted by molar-refractivity contribution is 7.11. The summed E-state index contributed by atoms with van der Waals surface area (Å²) in [5, 5.41) is 4.91. The first-order valence-electron chi connectivity index (χ1n) is 8.42. The fraction of sp³-hybridized carbons (Fsp3) is 0.190. The smallest absolute Gasteiger partial charge is 0.225 e. The molecule has 0 aliphatic carbocycles. The van der Waals surface area contributed by atoms with Gasteiger partial charge in [0, 0.05) is 33.7 Å². The first kappa shape index (κ1) is 16.0. The second-order valence-electron chi connectivity index (χ2n) is 6.27. The molecule has 1 N–H and O–H groups in total. The number of thiophene rings is 1. The fourth-order valence-electron chi connectivity index (χ4n) is 3.36. The number of fused-ring (bicyclic) bond motifs is 1. The van der Waals surface area contributed by atoms with Gasteiger partial charge in [0.05, 0.1) is 5.69 Å². The van der Waals surface area contributed by atoms with Gasteiger partial charge in [0.15, 0.2) is 0 Å². The minimum Gasteiger partial charge on any atom is -0.325 e. The first-order chi connectivity index (χ1) is 12.2. The number of amides is 1. The number of benzene rings is 2. The van der Waals surface area contributed by atoms with Crippen molar-refractivity contribution in [2.45, 2.75) is 25.7 Å². The molecule has 1 aromatic heterocycles. The minimum absolute atomic E-state index is 0.0203. The van der Waals surface area contributed by atoms with Gasteiger partial charge in [-0.25, -0.2) is 4.39 Å². The van der Waals surface area contributed by atoms with Gasteiger partial charge in [0.1, 0.15) is 5.82 Å². The van der Waals surface area contributed by atoms with Crippen LogP contribution in [0.2, 0.25) is 0 Å². The number of rotatable bonds is 3. The van der Waals surface area contributed by atoms with Crippen LogP contribution in [0.5, 0.6) is 0 Å². The van der Waals surface area contributed by atoms with Crippen molar-refractivity contribution >= 4 is 22.9 Å². The van der Waals surface area contributed by atoms with Gasteiger partial charge in [-0.3, -0.25) is 4.79 Å². The second kappa shape index (κ2) is 6.45. The number of hydrogen-bond donors (Lipinski definition) is 1. The van der Waals surface area contributed by atoms with E-state index in [9.17, 15) is 9.18 Å². The summed E-state index contributed by atoms with van der Waals surface area (Å²) in [5.41, 5.74) is 4.47. The van der Waals surface area contributed by atoms with Crippen LogP contribution < -0.4 is 5.32 Å². The van der Waals surface area contributed by atoms with Crippen LogP contribution in [-0.4, -0.2) is 5.91 Å². The number of anilines is 1. The van der Waals surface area contributed by atoms with Crippen molar-refractivity contribution in [3.8, 4) is 11.1 Å². The Labute approximate surface area is 150 Å². The quantitative estimate of drug-likeness (QED) is 0.655. The SMILES string of the molecule is CCc1ccc([C@H]2CC(=O)Nc3c(-c4ccccc4F)csc32)cc1. The molecule has 4 rings (SSSR count). The Morgan fingerprint density at radius 1 is 1.12 bits per heavy atom. The number of nitrogens with one attached hydrogen (secondary N) is 1. The number of carbonyl (C=O) groups is 1. The molecule has 1 aliphatic rings. The molecule has 4 heteroatoms. The van der Waals surface area contributed by atoms with Gasteiger partial charge in [-0.05, 0) is 23.6 Å². The maximum atomic E-state index is 14.2. The lowest BCUT2D eigenvalue weighted by molar-refractivity contribution is -0.116. The standard InChI is InChI=1S/C21H18FNOS/c1-2-13-7-9-14(10-8-13)16-11-19(24)23-20-17(12-25-21(16)20)15-5-3-4-6-18(15)22/h3-10,12,16H,2,11H2,1H3,(H,23,24)/t16-/m1/s1. The third-order valence-corrected chi connectivity index (χ3v) is 5.84. The van der Waals surface area contributed by atoms with Crippen molar-refractivity contribution in [3.63, 3.8) is 0 Å². The fourth-order valence-corrected chi connectivity index (χ4v) is 4.51. The van der Waals surface area contributed by atoms with E-state index in [0.717, 1.165) is 28.1 Å². The molecule has 0 saturated heterocycles. The van der Waals surface area contributed by atoms with Gasteiger partial charge in [-0.15, -0.1) is 11.3 Å². The monoisotopic (exact) mass is 351 g/mol. The van der Waals surface area contributed by atoms with E-state index >= 15 is 0 Å². The van der Waals surface area contributed by atoms with E-state index in [2.05, 4.69) is 36.5 Å². The molecule has 0 spiro atoms. The van der Waals surface area contributed by atoms with E-state index in [1.165, 1.54) is 11.6 Å². The summed E-state index contributed by atoms with van der Waals surface area (Å²) in [5.74, 6) is -0.264.